The van der Waals surface area contributed by atoms with Crippen molar-refractivity contribution < 1.29 is 17.9 Å². The Balaban J connectivity index is 1.49. The van der Waals surface area contributed by atoms with Gasteiger partial charge in [0.15, 0.2) is 0 Å². The van der Waals surface area contributed by atoms with E-state index in [1.165, 1.54) is 37.8 Å². The summed E-state index contributed by atoms with van der Waals surface area (Å²) < 4.78 is 33.1. The van der Waals surface area contributed by atoms with Crippen LogP contribution in [0.2, 0.25) is 0 Å². The minimum absolute atomic E-state index is 0.0602. The molecule has 1 atom stereocenters. The summed E-state index contributed by atoms with van der Waals surface area (Å²) in [5.41, 5.74) is 0.759. The number of amides is 1. The predicted molar refractivity (Wildman–Crippen MR) is 97.4 cm³/mol. The van der Waals surface area contributed by atoms with Gasteiger partial charge >= 0.3 is 0 Å². The highest BCUT2D eigenvalue weighted by atomic mass is 32.2. The van der Waals surface area contributed by atoms with Crippen molar-refractivity contribution in [3.63, 3.8) is 0 Å². The topological polar surface area (TPSA) is 75.7 Å². The molecule has 2 heterocycles. The molecule has 0 bridgehead atoms. The summed E-state index contributed by atoms with van der Waals surface area (Å²) >= 11 is 0. The van der Waals surface area contributed by atoms with E-state index in [0.29, 0.717) is 30.6 Å². The van der Waals surface area contributed by atoms with Gasteiger partial charge in [0.05, 0.1) is 11.5 Å². The highest BCUT2D eigenvalue weighted by Crippen LogP contribution is 2.45. The Hall–Kier alpha value is -1.44. The Morgan fingerprint density at radius 1 is 1.23 bits per heavy atom. The summed E-state index contributed by atoms with van der Waals surface area (Å²) in [5, 5.41) is 0. The van der Waals surface area contributed by atoms with Crippen molar-refractivity contribution in [1.82, 2.24) is 9.62 Å². The molecule has 1 aromatic rings. The Morgan fingerprint density at radius 2 is 2.04 bits per heavy atom. The third-order valence-electron chi connectivity index (χ3n) is 6.03. The molecule has 0 aromatic heterocycles. The van der Waals surface area contributed by atoms with Crippen LogP contribution in [-0.4, -0.2) is 51.6 Å². The quantitative estimate of drug-likeness (QED) is 0.871. The molecule has 4 rings (SSSR count). The van der Waals surface area contributed by atoms with Gasteiger partial charge in [0.1, 0.15) is 0 Å². The number of rotatable bonds is 4. The van der Waals surface area contributed by atoms with Crippen molar-refractivity contribution in [2.45, 2.75) is 49.5 Å². The fourth-order valence-electron chi connectivity index (χ4n) is 4.54. The molecule has 3 aliphatic rings. The lowest BCUT2D eigenvalue weighted by atomic mass is 9.86. The molecule has 1 N–H and O–H groups in total. The molecular weight excluding hydrogens is 352 g/mol. The second kappa shape index (κ2) is 6.94. The maximum absolute atomic E-state index is 12.9. The molecule has 0 radical (unpaired) electrons. The van der Waals surface area contributed by atoms with Crippen LogP contribution in [0.15, 0.2) is 29.2 Å². The first-order valence-electron chi connectivity index (χ1n) is 9.47. The predicted octanol–water partition coefficient (Wildman–Crippen LogP) is 2.16. The van der Waals surface area contributed by atoms with E-state index in [-0.39, 0.29) is 16.8 Å². The van der Waals surface area contributed by atoms with Crippen molar-refractivity contribution in [3.8, 4) is 0 Å². The van der Waals surface area contributed by atoms with Gasteiger partial charge in [0, 0.05) is 31.3 Å². The normalized spacial score (nSPS) is 25.2. The van der Waals surface area contributed by atoms with Crippen molar-refractivity contribution in [3.05, 3.63) is 29.8 Å². The number of hydrogen-bond donors (Lipinski definition) is 1. The number of ether oxygens (including phenoxy) is 1. The summed E-state index contributed by atoms with van der Waals surface area (Å²) in [6.45, 7) is 2.55. The molecule has 1 spiro atoms. The zero-order chi connectivity index (χ0) is 18.2. The summed E-state index contributed by atoms with van der Waals surface area (Å²) in [6.07, 6.45) is 6.67. The van der Waals surface area contributed by atoms with Crippen LogP contribution in [0.1, 0.15) is 48.9 Å². The van der Waals surface area contributed by atoms with Crippen molar-refractivity contribution >= 4 is 15.9 Å². The van der Waals surface area contributed by atoms with Crippen LogP contribution in [-0.2, 0) is 14.8 Å². The number of carbonyl (C=O) groups is 1. The third kappa shape index (κ3) is 3.52. The monoisotopic (exact) mass is 378 g/mol. The van der Waals surface area contributed by atoms with Crippen LogP contribution in [0.4, 0.5) is 0 Å². The number of hydrogen-bond acceptors (Lipinski definition) is 4. The van der Waals surface area contributed by atoms with Crippen LogP contribution < -0.4 is 4.72 Å². The minimum Gasteiger partial charge on any atom is -0.380 e. The van der Waals surface area contributed by atoms with Crippen LogP contribution in [0, 0.1) is 5.41 Å². The molecule has 26 heavy (non-hydrogen) atoms. The van der Waals surface area contributed by atoms with Crippen LogP contribution in [0.25, 0.3) is 0 Å². The summed E-state index contributed by atoms with van der Waals surface area (Å²) in [5.74, 6) is -0.0602. The molecule has 142 valence electrons. The van der Waals surface area contributed by atoms with E-state index in [0.717, 1.165) is 19.5 Å². The first-order chi connectivity index (χ1) is 12.5. The SMILES string of the molecule is O=C(c1cccc(S(=O)(=O)N[C@H]2CCOC2)c1)N1CCC2(CCCC2)C1. The number of sulfonamides is 1. The molecule has 1 aliphatic carbocycles. The molecule has 1 amide bonds. The maximum atomic E-state index is 12.9. The van der Waals surface area contributed by atoms with Crippen molar-refractivity contribution in [1.29, 1.82) is 0 Å². The molecule has 1 aromatic carbocycles. The maximum Gasteiger partial charge on any atom is 0.253 e. The van der Waals surface area contributed by atoms with Gasteiger partial charge in [0.2, 0.25) is 10.0 Å². The zero-order valence-corrected chi connectivity index (χ0v) is 15.8. The van der Waals surface area contributed by atoms with Gasteiger partial charge in [-0.2, -0.15) is 0 Å². The average molecular weight is 378 g/mol. The number of likely N-dealkylation sites (tertiary alicyclic amines) is 1. The van der Waals surface area contributed by atoms with E-state index in [4.69, 9.17) is 4.74 Å². The summed E-state index contributed by atoms with van der Waals surface area (Å²) in [7, 11) is -3.65. The first kappa shape index (κ1) is 17.9. The highest BCUT2D eigenvalue weighted by molar-refractivity contribution is 7.89. The van der Waals surface area contributed by atoms with Crippen LogP contribution in [0.5, 0.6) is 0 Å². The van der Waals surface area contributed by atoms with E-state index in [2.05, 4.69) is 4.72 Å². The van der Waals surface area contributed by atoms with Gasteiger partial charge in [-0.15, -0.1) is 0 Å². The Kier molecular flexibility index (Phi) is 4.79. The van der Waals surface area contributed by atoms with Crippen LogP contribution >= 0.6 is 0 Å². The number of nitrogens with zero attached hydrogens (tertiary/aromatic N) is 1. The fraction of sp³-hybridized carbons (Fsp3) is 0.632. The fourth-order valence-corrected chi connectivity index (χ4v) is 5.84. The summed E-state index contributed by atoms with van der Waals surface area (Å²) in [6, 6.07) is 6.20. The van der Waals surface area contributed by atoms with Crippen molar-refractivity contribution in [2.75, 3.05) is 26.3 Å². The van der Waals surface area contributed by atoms with E-state index in [1.54, 1.807) is 12.1 Å². The highest BCUT2D eigenvalue weighted by Gasteiger charge is 2.41. The number of carbonyl (C=O) groups excluding carboxylic acids is 1. The average Bonchev–Trinajstić information content (AvgIpc) is 3.38. The van der Waals surface area contributed by atoms with Gasteiger partial charge in [0.25, 0.3) is 5.91 Å². The molecule has 6 nitrogen and oxygen atoms in total. The largest absolute Gasteiger partial charge is 0.380 e. The molecule has 1 saturated carbocycles. The van der Waals surface area contributed by atoms with E-state index in [1.807, 2.05) is 4.90 Å². The Bertz CT molecular complexity index is 780. The van der Waals surface area contributed by atoms with E-state index < -0.39 is 10.0 Å². The smallest absolute Gasteiger partial charge is 0.253 e. The van der Waals surface area contributed by atoms with Crippen LogP contribution in [0.3, 0.4) is 0 Å². The molecule has 2 saturated heterocycles. The molecule has 0 unspecified atom stereocenters. The lowest BCUT2D eigenvalue weighted by molar-refractivity contribution is 0.0773. The van der Waals surface area contributed by atoms with Gasteiger partial charge in [-0.1, -0.05) is 18.9 Å². The third-order valence-corrected chi connectivity index (χ3v) is 7.55. The van der Waals surface area contributed by atoms with Crippen molar-refractivity contribution in [2.24, 2.45) is 5.41 Å². The van der Waals surface area contributed by atoms with Gasteiger partial charge in [-0.25, -0.2) is 13.1 Å². The van der Waals surface area contributed by atoms with E-state index >= 15 is 0 Å². The zero-order valence-electron chi connectivity index (χ0n) is 14.9. The standard InChI is InChI=1S/C19H26N2O4S/c22-18(21-10-9-19(14-21)7-1-2-8-19)15-4-3-5-17(12-15)26(23,24)20-16-6-11-25-13-16/h3-5,12,16,20H,1-2,6-11,13-14H2/t16-/m0/s1. The van der Waals surface area contributed by atoms with Gasteiger partial charge in [-0.3, -0.25) is 4.79 Å². The minimum atomic E-state index is -3.65. The molecule has 3 fully saturated rings. The first-order valence-corrected chi connectivity index (χ1v) is 11.0. The second-order valence-corrected chi connectivity index (χ2v) is 9.61. The Labute approximate surface area is 155 Å². The lowest BCUT2D eigenvalue weighted by Crippen LogP contribution is -2.35. The molecular formula is C19H26N2O4S. The molecule has 7 heteroatoms. The van der Waals surface area contributed by atoms with Gasteiger partial charge in [-0.05, 0) is 49.3 Å². The number of benzene rings is 1. The van der Waals surface area contributed by atoms with Gasteiger partial charge < -0.3 is 9.64 Å². The lowest BCUT2D eigenvalue weighted by Gasteiger charge is -2.23. The Morgan fingerprint density at radius 3 is 2.77 bits per heavy atom. The van der Waals surface area contributed by atoms with E-state index in [9.17, 15) is 13.2 Å². The number of nitrogens with one attached hydrogen (secondary N) is 1. The molecule has 2 aliphatic heterocycles. The summed E-state index contributed by atoms with van der Waals surface area (Å²) in [4.78, 5) is 14.9. The second-order valence-electron chi connectivity index (χ2n) is 7.89.